The van der Waals surface area contributed by atoms with Crippen molar-refractivity contribution in [2.75, 3.05) is 18.5 Å². The second-order valence-electron chi connectivity index (χ2n) is 7.55. The van der Waals surface area contributed by atoms with Crippen LogP contribution in [0.3, 0.4) is 0 Å². The van der Waals surface area contributed by atoms with Crippen LogP contribution in [0.4, 0.5) is 5.69 Å². The van der Waals surface area contributed by atoms with Crippen LogP contribution in [0.5, 0.6) is 5.75 Å². The maximum Gasteiger partial charge on any atom is 0.338 e. The van der Waals surface area contributed by atoms with Crippen molar-refractivity contribution in [3.05, 3.63) is 57.6 Å². The zero-order valence-corrected chi connectivity index (χ0v) is 20.2. The first-order valence-corrected chi connectivity index (χ1v) is 11.9. The van der Waals surface area contributed by atoms with E-state index in [9.17, 15) is 9.59 Å². The number of hydrogen-bond donors (Lipinski definition) is 1. The van der Waals surface area contributed by atoms with Crippen molar-refractivity contribution in [3.63, 3.8) is 0 Å². The minimum absolute atomic E-state index is 0.293. The molecule has 2 rings (SSSR count). The Kier molecular flexibility index (Phi) is 11.4. The molecule has 0 heterocycles. The monoisotopic (exact) mass is 479 g/mol. The number of carbonyl (C=O) groups excluding carboxylic acids is 2. The van der Waals surface area contributed by atoms with E-state index >= 15 is 0 Å². The van der Waals surface area contributed by atoms with Gasteiger partial charge in [0.05, 0.1) is 28.8 Å². The van der Waals surface area contributed by atoms with Crippen LogP contribution in [-0.2, 0) is 4.74 Å². The molecule has 0 aromatic heterocycles. The summed E-state index contributed by atoms with van der Waals surface area (Å²) in [5, 5.41) is 3.36. The highest BCUT2D eigenvalue weighted by Gasteiger charge is 2.15. The maximum atomic E-state index is 12.6. The summed E-state index contributed by atoms with van der Waals surface area (Å²) >= 11 is 12.6. The summed E-state index contributed by atoms with van der Waals surface area (Å²) in [6, 6.07) is 9.59. The number of nitrogens with one attached hydrogen (secondary N) is 1. The van der Waals surface area contributed by atoms with Crippen LogP contribution in [0.1, 0.15) is 79.5 Å². The number of esters is 1. The van der Waals surface area contributed by atoms with E-state index in [2.05, 4.69) is 12.2 Å². The van der Waals surface area contributed by atoms with Gasteiger partial charge in [-0.1, -0.05) is 69.2 Å². The highest BCUT2D eigenvalue weighted by atomic mass is 35.5. The zero-order valence-electron chi connectivity index (χ0n) is 18.7. The number of unbranched alkanes of at least 4 members (excludes halogenated alkanes) is 5. The molecule has 0 fully saturated rings. The van der Waals surface area contributed by atoms with Crippen LogP contribution < -0.4 is 10.1 Å². The first-order chi connectivity index (χ1) is 15.5. The van der Waals surface area contributed by atoms with Gasteiger partial charge in [0.15, 0.2) is 5.75 Å². The molecule has 0 aliphatic rings. The van der Waals surface area contributed by atoms with Gasteiger partial charge < -0.3 is 14.8 Å². The lowest BCUT2D eigenvalue weighted by Crippen LogP contribution is -2.13. The average molecular weight is 480 g/mol. The molecule has 32 heavy (non-hydrogen) atoms. The van der Waals surface area contributed by atoms with E-state index in [1.807, 2.05) is 6.92 Å². The summed E-state index contributed by atoms with van der Waals surface area (Å²) in [7, 11) is 0. The highest BCUT2D eigenvalue weighted by molar-refractivity contribution is 6.37. The van der Waals surface area contributed by atoms with Gasteiger partial charge in [0.2, 0.25) is 0 Å². The Morgan fingerprint density at radius 1 is 0.812 bits per heavy atom. The number of hydrogen-bond acceptors (Lipinski definition) is 4. The van der Waals surface area contributed by atoms with E-state index < -0.39 is 0 Å². The van der Waals surface area contributed by atoms with Crippen LogP contribution in [0.25, 0.3) is 0 Å². The fourth-order valence-corrected chi connectivity index (χ4v) is 3.59. The summed E-state index contributed by atoms with van der Waals surface area (Å²) < 4.78 is 10.9. The first kappa shape index (κ1) is 26.0. The Morgan fingerprint density at radius 2 is 1.44 bits per heavy atom. The Morgan fingerprint density at radius 3 is 2.06 bits per heavy atom. The number of halogens is 2. The predicted octanol–water partition coefficient (Wildman–Crippen LogP) is 7.55. The van der Waals surface area contributed by atoms with Crippen molar-refractivity contribution in [1.82, 2.24) is 0 Å². The summed E-state index contributed by atoms with van der Waals surface area (Å²) in [6.07, 6.45) is 7.40. The van der Waals surface area contributed by atoms with E-state index in [0.717, 1.165) is 25.7 Å². The number of benzene rings is 2. The molecule has 0 radical (unpaired) electrons. The zero-order chi connectivity index (χ0) is 23.3. The summed E-state index contributed by atoms with van der Waals surface area (Å²) in [5.74, 6) is -0.347. The Balaban J connectivity index is 1.93. The van der Waals surface area contributed by atoms with Crippen LogP contribution in [0.15, 0.2) is 36.4 Å². The van der Waals surface area contributed by atoms with Crippen LogP contribution in [0.2, 0.25) is 10.0 Å². The predicted molar refractivity (Wildman–Crippen MR) is 130 cm³/mol. The Bertz CT molecular complexity index is 861. The van der Waals surface area contributed by atoms with Gasteiger partial charge in [-0.2, -0.15) is 0 Å². The van der Waals surface area contributed by atoms with Gasteiger partial charge in [-0.3, -0.25) is 4.79 Å². The third kappa shape index (κ3) is 8.36. The number of amides is 1. The second-order valence-corrected chi connectivity index (χ2v) is 8.37. The molecule has 0 atom stereocenters. The molecule has 0 aliphatic carbocycles. The molecule has 0 bridgehead atoms. The molecule has 2 aromatic rings. The van der Waals surface area contributed by atoms with Crippen molar-refractivity contribution in [2.45, 2.75) is 58.8 Å². The Labute approximate surface area is 200 Å². The largest absolute Gasteiger partial charge is 0.490 e. The lowest BCUT2D eigenvalue weighted by Gasteiger charge is -2.12. The second kappa shape index (κ2) is 14.0. The summed E-state index contributed by atoms with van der Waals surface area (Å²) in [4.78, 5) is 24.6. The number of carbonyl (C=O) groups is 2. The van der Waals surface area contributed by atoms with Crippen LogP contribution in [0, 0.1) is 0 Å². The lowest BCUT2D eigenvalue weighted by molar-refractivity contribution is 0.0499. The molecule has 0 saturated carbocycles. The number of rotatable bonds is 13. The van der Waals surface area contributed by atoms with E-state index in [1.165, 1.54) is 31.4 Å². The quantitative estimate of drug-likeness (QED) is 0.237. The SMILES string of the molecule is CCCCCCCOc1c(Cl)cc(C(=O)Nc2ccc(C(=O)OCCCC)cc2)cc1Cl. The number of anilines is 1. The summed E-state index contributed by atoms with van der Waals surface area (Å²) in [5.41, 5.74) is 1.29. The standard InChI is InChI=1S/C25H31Cl2NO4/c1-3-5-7-8-9-15-31-23-21(26)16-19(17-22(23)27)24(29)28-20-12-10-18(11-13-20)25(30)32-14-6-4-2/h10-13,16-17H,3-9,14-15H2,1-2H3,(H,28,29). The average Bonchev–Trinajstić information content (AvgIpc) is 2.78. The smallest absolute Gasteiger partial charge is 0.338 e. The summed E-state index contributed by atoms with van der Waals surface area (Å²) in [6.45, 7) is 5.13. The molecule has 1 N–H and O–H groups in total. The van der Waals surface area contributed by atoms with Gasteiger partial charge in [0.1, 0.15) is 0 Å². The topological polar surface area (TPSA) is 64.6 Å². The molecular weight excluding hydrogens is 449 g/mol. The van der Waals surface area contributed by atoms with E-state index in [4.69, 9.17) is 32.7 Å². The molecule has 7 heteroatoms. The molecule has 0 unspecified atom stereocenters. The molecule has 0 aliphatic heterocycles. The Hall–Kier alpha value is -2.24. The third-order valence-electron chi connectivity index (χ3n) is 4.86. The van der Waals surface area contributed by atoms with Crippen molar-refractivity contribution in [3.8, 4) is 5.75 Å². The van der Waals surface area contributed by atoms with Gasteiger partial charge in [-0.05, 0) is 49.2 Å². The van der Waals surface area contributed by atoms with Gasteiger partial charge in [-0.15, -0.1) is 0 Å². The van der Waals surface area contributed by atoms with E-state index in [-0.39, 0.29) is 11.9 Å². The molecule has 0 spiro atoms. The van der Waals surface area contributed by atoms with Gasteiger partial charge >= 0.3 is 5.97 Å². The minimum Gasteiger partial charge on any atom is -0.490 e. The molecule has 1 amide bonds. The van der Waals surface area contributed by atoms with Crippen LogP contribution in [-0.4, -0.2) is 25.1 Å². The fourth-order valence-electron chi connectivity index (χ4n) is 2.99. The van der Waals surface area contributed by atoms with Gasteiger partial charge in [0, 0.05) is 11.3 Å². The molecule has 0 saturated heterocycles. The fraction of sp³-hybridized carbons (Fsp3) is 0.440. The van der Waals surface area contributed by atoms with Crippen molar-refractivity contribution in [1.29, 1.82) is 0 Å². The lowest BCUT2D eigenvalue weighted by atomic mass is 10.1. The van der Waals surface area contributed by atoms with Gasteiger partial charge in [-0.25, -0.2) is 4.79 Å². The van der Waals surface area contributed by atoms with Crippen molar-refractivity contribution < 1.29 is 19.1 Å². The molecule has 2 aromatic carbocycles. The minimum atomic E-state index is -0.379. The third-order valence-corrected chi connectivity index (χ3v) is 5.43. The van der Waals surface area contributed by atoms with Crippen molar-refractivity contribution >= 4 is 40.8 Å². The first-order valence-electron chi connectivity index (χ1n) is 11.2. The normalized spacial score (nSPS) is 10.6. The van der Waals surface area contributed by atoms with E-state index in [0.29, 0.717) is 45.8 Å². The number of ether oxygens (including phenoxy) is 2. The molecule has 5 nitrogen and oxygen atoms in total. The van der Waals surface area contributed by atoms with Crippen molar-refractivity contribution in [2.24, 2.45) is 0 Å². The van der Waals surface area contributed by atoms with Crippen LogP contribution >= 0.6 is 23.2 Å². The van der Waals surface area contributed by atoms with Gasteiger partial charge in [0.25, 0.3) is 5.91 Å². The van der Waals surface area contributed by atoms with E-state index in [1.54, 1.807) is 24.3 Å². The molecular formula is C25H31Cl2NO4. The molecule has 174 valence electrons. The maximum absolute atomic E-state index is 12.6. The highest BCUT2D eigenvalue weighted by Crippen LogP contribution is 2.34.